The van der Waals surface area contributed by atoms with E-state index in [4.69, 9.17) is 4.74 Å². The number of anilines is 1. The van der Waals surface area contributed by atoms with Crippen molar-refractivity contribution in [2.75, 3.05) is 25.0 Å². The summed E-state index contributed by atoms with van der Waals surface area (Å²) in [5, 5.41) is 7.38. The standard InChI is InChI=1S/C18H26N6O2/c1-11-6-12(2)20-18(19-11)24-16(7-13(3)22-24)21-17(25)10-23-8-14(4)26-15(5)9-23/h6-7,14-15H,8-10H2,1-5H3,(H,21,25)/t14-,15-/m1/s1. The van der Waals surface area contributed by atoms with Crippen molar-refractivity contribution in [3.63, 3.8) is 0 Å². The highest BCUT2D eigenvalue weighted by Gasteiger charge is 2.24. The monoisotopic (exact) mass is 358 g/mol. The van der Waals surface area contributed by atoms with Crippen LogP contribution in [0.25, 0.3) is 5.95 Å². The molecule has 1 N–H and O–H groups in total. The van der Waals surface area contributed by atoms with Crippen molar-refractivity contribution in [3.05, 3.63) is 29.2 Å². The van der Waals surface area contributed by atoms with E-state index in [2.05, 4.69) is 25.3 Å². The Bertz CT molecular complexity index is 773. The first-order chi connectivity index (χ1) is 12.3. The second-order valence-corrected chi connectivity index (χ2v) is 7.03. The first-order valence-electron chi connectivity index (χ1n) is 8.87. The van der Waals surface area contributed by atoms with Crippen LogP contribution in [0.4, 0.5) is 5.82 Å². The maximum Gasteiger partial charge on any atom is 0.252 e. The van der Waals surface area contributed by atoms with Crippen LogP contribution in [0.5, 0.6) is 0 Å². The normalized spacial score (nSPS) is 21.0. The second-order valence-electron chi connectivity index (χ2n) is 7.03. The molecular weight excluding hydrogens is 332 g/mol. The molecule has 1 saturated heterocycles. The van der Waals surface area contributed by atoms with Crippen molar-refractivity contribution in [3.8, 4) is 5.95 Å². The topological polar surface area (TPSA) is 85.2 Å². The lowest BCUT2D eigenvalue weighted by Crippen LogP contribution is -2.48. The van der Waals surface area contributed by atoms with Crippen LogP contribution in [0.2, 0.25) is 0 Å². The van der Waals surface area contributed by atoms with Crippen LogP contribution >= 0.6 is 0 Å². The summed E-state index contributed by atoms with van der Waals surface area (Å²) in [6.45, 7) is 11.6. The minimum Gasteiger partial charge on any atom is -0.373 e. The van der Waals surface area contributed by atoms with Gasteiger partial charge in [0.15, 0.2) is 0 Å². The summed E-state index contributed by atoms with van der Waals surface area (Å²) in [7, 11) is 0. The fourth-order valence-electron chi connectivity index (χ4n) is 3.34. The maximum atomic E-state index is 12.5. The van der Waals surface area contributed by atoms with Crippen LogP contribution in [0, 0.1) is 20.8 Å². The highest BCUT2D eigenvalue weighted by atomic mass is 16.5. The van der Waals surface area contributed by atoms with Gasteiger partial charge in [0.25, 0.3) is 5.95 Å². The van der Waals surface area contributed by atoms with E-state index in [0.29, 0.717) is 18.3 Å². The molecule has 8 heteroatoms. The van der Waals surface area contributed by atoms with Crippen molar-refractivity contribution in [1.29, 1.82) is 0 Å². The summed E-state index contributed by atoms with van der Waals surface area (Å²) in [4.78, 5) is 23.5. The molecular formula is C18H26N6O2. The van der Waals surface area contributed by atoms with Crippen LogP contribution in [0.1, 0.15) is 30.9 Å². The number of aryl methyl sites for hydroxylation is 3. The first kappa shape index (κ1) is 18.5. The van der Waals surface area contributed by atoms with E-state index < -0.39 is 0 Å². The Morgan fingerprint density at radius 1 is 1.12 bits per heavy atom. The number of aromatic nitrogens is 4. The lowest BCUT2D eigenvalue weighted by molar-refractivity contribution is -0.121. The molecule has 2 aromatic heterocycles. The third-order valence-electron chi connectivity index (χ3n) is 4.12. The highest BCUT2D eigenvalue weighted by molar-refractivity contribution is 5.91. The van der Waals surface area contributed by atoms with Crippen molar-refractivity contribution < 1.29 is 9.53 Å². The van der Waals surface area contributed by atoms with Gasteiger partial charge in [0.05, 0.1) is 24.4 Å². The summed E-state index contributed by atoms with van der Waals surface area (Å²) < 4.78 is 7.30. The summed E-state index contributed by atoms with van der Waals surface area (Å²) in [5.74, 6) is 0.947. The van der Waals surface area contributed by atoms with E-state index in [-0.39, 0.29) is 18.1 Å². The molecule has 26 heavy (non-hydrogen) atoms. The number of nitrogens with zero attached hydrogens (tertiary/aromatic N) is 5. The Morgan fingerprint density at radius 2 is 1.73 bits per heavy atom. The molecule has 0 spiro atoms. The zero-order valence-electron chi connectivity index (χ0n) is 16.0. The van der Waals surface area contributed by atoms with Crippen LogP contribution in [0.3, 0.4) is 0 Å². The average Bonchev–Trinajstić information content (AvgIpc) is 2.85. The third kappa shape index (κ3) is 4.44. The fourth-order valence-corrected chi connectivity index (χ4v) is 3.34. The Hall–Kier alpha value is -2.32. The predicted molar refractivity (Wildman–Crippen MR) is 98.4 cm³/mol. The van der Waals surface area contributed by atoms with Crippen molar-refractivity contribution in [2.45, 2.75) is 46.8 Å². The van der Waals surface area contributed by atoms with Crippen LogP contribution < -0.4 is 5.32 Å². The molecule has 8 nitrogen and oxygen atoms in total. The van der Waals surface area contributed by atoms with E-state index >= 15 is 0 Å². The van der Waals surface area contributed by atoms with E-state index in [0.717, 1.165) is 30.2 Å². The molecule has 1 amide bonds. The molecule has 0 radical (unpaired) electrons. The quantitative estimate of drug-likeness (QED) is 0.894. The van der Waals surface area contributed by atoms with Gasteiger partial charge in [0.1, 0.15) is 5.82 Å². The van der Waals surface area contributed by atoms with Gasteiger partial charge in [-0.15, -0.1) is 0 Å². The van der Waals surface area contributed by atoms with Crippen molar-refractivity contribution in [2.24, 2.45) is 0 Å². The summed E-state index contributed by atoms with van der Waals surface area (Å²) >= 11 is 0. The van der Waals surface area contributed by atoms with E-state index in [9.17, 15) is 4.79 Å². The Balaban J connectivity index is 1.75. The SMILES string of the molecule is Cc1cc(C)nc(-n2nc(C)cc2NC(=O)CN2C[C@@H](C)O[C@H](C)C2)n1. The van der Waals surface area contributed by atoms with Crippen LogP contribution in [0.15, 0.2) is 12.1 Å². The van der Waals surface area contributed by atoms with Gasteiger partial charge >= 0.3 is 0 Å². The second kappa shape index (κ2) is 7.51. The summed E-state index contributed by atoms with van der Waals surface area (Å²) in [5.41, 5.74) is 2.50. The number of rotatable bonds is 4. The molecule has 0 aromatic carbocycles. The average molecular weight is 358 g/mol. The number of hydrogen-bond donors (Lipinski definition) is 1. The molecule has 1 aliphatic rings. The molecule has 0 aliphatic carbocycles. The fraction of sp³-hybridized carbons (Fsp3) is 0.556. The zero-order chi connectivity index (χ0) is 18.8. The molecule has 0 bridgehead atoms. The van der Waals surface area contributed by atoms with Crippen molar-refractivity contribution >= 4 is 11.7 Å². The largest absolute Gasteiger partial charge is 0.373 e. The predicted octanol–water partition coefficient (Wildman–Crippen LogP) is 1.64. The molecule has 3 rings (SSSR count). The molecule has 0 saturated carbocycles. The number of carbonyl (C=O) groups excluding carboxylic acids is 1. The van der Waals surface area contributed by atoms with E-state index in [1.165, 1.54) is 0 Å². The number of carbonyl (C=O) groups is 1. The minimum atomic E-state index is -0.0863. The Morgan fingerprint density at radius 3 is 2.35 bits per heavy atom. The maximum absolute atomic E-state index is 12.5. The van der Waals surface area contributed by atoms with Gasteiger partial charge in [0.2, 0.25) is 5.91 Å². The van der Waals surface area contributed by atoms with E-state index in [1.54, 1.807) is 4.68 Å². The molecule has 140 valence electrons. The summed E-state index contributed by atoms with van der Waals surface area (Å²) in [6, 6.07) is 3.72. The van der Waals surface area contributed by atoms with Crippen LogP contribution in [-0.2, 0) is 9.53 Å². The van der Waals surface area contributed by atoms with Gasteiger partial charge in [-0.1, -0.05) is 0 Å². The number of amides is 1. The van der Waals surface area contributed by atoms with Gasteiger partial charge in [-0.3, -0.25) is 9.69 Å². The number of morpholine rings is 1. The molecule has 1 fully saturated rings. The lowest BCUT2D eigenvalue weighted by Gasteiger charge is -2.34. The number of hydrogen-bond acceptors (Lipinski definition) is 6. The Kier molecular flexibility index (Phi) is 5.33. The van der Waals surface area contributed by atoms with E-state index in [1.807, 2.05) is 46.8 Å². The smallest absolute Gasteiger partial charge is 0.252 e. The molecule has 2 aromatic rings. The number of ether oxygens (including phenoxy) is 1. The number of nitrogens with one attached hydrogen (secondary N) is 1. The van der Waals surface area contributed by atoms with Gasteiger partial charge in [0, 0.05) is 30.5 Å². The minimum absolute atomic E-state index is 0.0863. The van der Waals surface area contributed by atoms with Gasteiger partial charge in [-0.2, -0.15) is 9.78 Å². The lowest BCUT2D eigenvalue weighted by atomic mass is 10.2. The summed E-state index contributed by atoms with van der Waals surface area (Å²) in [6.07, 6.45) is 0.256. The third-order valence-corrected chi connectivity index (χ3v) is 4.12. The molecule has 3 heterocycles. The zero-order valence-corrected chi connectivity index (χ0v) is 16.0. The molecule has 0 unspecified atom stereocenters. The molecule has 2 atom stereocenters. The van der Waals surface area contributed by atoms with Crippen molar-refractivity contribution in [1.82, 2.24) is 24.6 Å². The van der Waals surface area contributed by atoms with Gasteiger partial charge in [-0.05, 0) is 40.7 Å². The highest BCUT2D eigenvalue weighted by Crippen LogP contribution is 2.16. The molecule has 1 aliphatic heterocycles. The van der Waals surface area contributed by atoms with Crippen LogP contribution in [-0.4, -0.2) is 62.4 Å². The van der Waals surface area contributed by atoms with Gasteiger partial charge in [-0.25, -0.2) is 9.97 Å². The Labute approximate surface area is 153 Å². The van der Waals surface area contributed by atoms with Gasteiger partial charge < -0.3 is 10.1 Å². The first-order valence-corrected chi connectivity index (χ1v) is 8.87.